The number of hydrogen-bond acceptors (Lipinski definition) is 1. The molecular weight excluding hydrogens is 324 g/mol. The van der Waals surface area contributed by atoms with E-state index in [4.69, 9.17) is 0 Å². The van der Waals surface area contributed by atoms with Crippen molar-refractivity contribution in [3.05, 3.63) is 21.5 Å². The summed E-state index contributed by atoms with van der Waals surface area (Å²) in [6, 6.07) is 0. The number of unbranched alkanes of at least 4 members (excludes halogenated alkanes) is 4. The van der Waals surface area contributed by atoms with E-state index in [0.29, 0.717) is 5.78 Å². The van der Waals surface area contributed by atoms with Crippen LogP contribution in [0.25, 0.3) is 0 Å². The van der Waals surface area contributed by atoms with Gasteiger partial charge < -0.3 is 0 Å². The summed E-state index contributed by atoms with van der Waals surface area (Å²) >= 11 is 0. The van der Waals surface area contributed by atoms with Crippen molar-refractivity contribution < 1.29 is 4.79 Å². The highest BCUT2D eigenvalue weighted by Crippen LogP contribution is 2.43. The third-order valence-electron chi connectivity index (χ3n) is 4.98. The van der Waals surface area contributed by atoms with E-state index in [0.717, 1.165) is 12.8 Å². The molecule has 0 radical (unpaired) electrons. The van der Waals surface area contributed by atoms with Crippen LogP contribution < -0.4 is 0 Å². The smallest absolute Gasteiger partial charge is 0.177 e. The Labute approximate surface area is 153 Å². The zero-order valence-electron chi connectivity index (χ0n) is 17.6. The highest BCUT2D eigenvalue weighted by Gasteiger charge is 2.42. The van der Waals surface area contributed by atoms with Crippen LogP contribution in [0.2, 0.25) is 39.3 Å². The molecule has 3 heteroatoms. The van der Waals surface area contributed by atoms with Crippen molar-refractivity contribution >= 4 is 21.9 Å². The highest BCUT2D eigenvalue weighted by atomic mass is 28.3. The molecule has 0 atom stereocenters. The number of Topliss-reactive ketones (excluding diaryl/α,β-unsaturated/α-hetero) is 1. The van der Waals surface area contributed by atoms with Gasteiger partial charge in [0.25, 0.3) is 0 Å². The first-order chi connectivity index (χ1) is 11.1. The second kappa shape index (κ2) is 8.80. The third-order valence-corrected chi connectivity index (χ3v) is 9.04. The van der Waals surface area contributed by atoms with Gasteiger partial charge in [-0.2, -0.15) is 0 Å². The van der Waals surface area contributed by atoms with Crippen molar-refractivity contribution in [3.63, 3.8) is 0 Å². The average molecular weight is 365 g/mol. The highest BCUT2D eigenvalue weighted by molar-refractivity contribution is 6.94. The summed E-state index contributed by atoms with van der Waals surface area (Å²) in [5.41, 5.74) is 3.00. The molecule has 1 rings (SSSR count). The van der Waals surface area contributed by atoms with Gasteiger partial charge in [0.1, 0.15) is 0 Å². The standard InChI is InChI=1S/C21H40OSi2/c1-9-11-13-15-17-18(16-14-12-10-2)21(24(6,7)8)19(22)20(17)23(3,4)5/h9-16H2,1-8H3. The monoisotopic (exact) mass is 364 g/mol. The Balaban J connectivity index is 3.35. The van der Waals surface area contributed by atoms with E-state index in [1.54, 1.807) is 0 Å². The van der Waals surface area contributed by atoms with Gasteiger partial charge in [-0.05, 0) is 47.2 Å². The molecule has 0 bridgehead atoms. The van der Waals surface area contributed by atoms with Crippen LogP contribution in [0, 0.1) is 0 Å². The van der Waals surface area contributed by atoms with E-state index in [2.05, 4.69) is 53.1 Å². The van der Waals surface area contributed by atoms with Gasteiger partial charge in [-0.1, -0.05) is 78.8 Å². The van der Waals surface area contributed by atoms with Gasteiger partial charge in [0.2, 0.25) is 0 Å². The molecule has 0 aliphatic heterocycles. The number of carbonyl (C=O) groups excluding carboxylic acids is 1. The van der Waals surface area contributed by atoms with Crippen LogP contribution in [0.3, 0.4) is 0 Å². The molecule has 1 aliphatic carbocycles. The lowest BCUT2D eigenvalue weighted by molar-refractivity contribution is -0.111. The van der Waals surface area contributed by atoms with Gasteiger partial charge in [-0.15, -0.1) is 0 Å². The maximum Gasteiger partial charge on any atom is 0.177 e. The molecular formula is C21H40OSi2. The molecule has 0 amide bonds. The van der Waals surface area contributed by atoms with Gasteiger partial charge >= 0.3 is 0 Å². The SMILES string of the molecule is CCCCCC1=C([Si](C)(C)C)C(=O)C([Si](C)(C)C)=C1CCCCC. The van der Waals surface area contributed by atoms with Gasteiger partial charge in [0.15, 0.2) is 5.78 Å². The van der Waals surface area contributed by atoms with Gasteiger partial charge in [0.05, 0.1) is 16.1 Å². The Bertz CT molecular complexity index is 467. The van der Waals surface area contributed by atoms with Crippen molar-refractivity contribution in [1.82, 2.24) is 0 Å². The van der Waals surface area contributed by atoms with Crippen molar-refractivity contribution in [3.8, 4) is 0 Å². The van der Waals surface area contributed by atoms with Gasteiger partial charge in [-0.3, -0.25) is 4.79 Å². The molecule has 0 aromatic rings. The first-order valence-corrected chi connectivity index (χ1v) is 17.1. The molecule has 1 aliphatic rings. The zero-order chi connectivity index (χ0) is 18.5. The lowest BCUT2D eigenvalue weighted by Gasteiger charge is -2.22. The van der Waals surface area contributed by atoms with E-state index < -0.39 is 16.1 Å². The summed E-state index contributed by atoms with van der Waals surface area (Å²) in [4.78, 5) is 13.4. The minimum absolute atomic E-state index is 0.464. The normalized spacial score (nSPS) is 16.6. The molecule has 0 aromatic carbocycles. The molecule has 0 heterocycles. The molecule has 0 saturated heterocycles. The first-order valence-electron chi connectivity index (χ1n) is 10.1. The van der Waals surface area contributed by atoms with Crippen LogP contribution in [-0.4, -0.2) is 21.9 Å². The quantitative estimate of drug-likeness (QED) is 0.299. The molecule has 0 N–H and O–H groups in total. The maximum atomic E-state index is 13.4. The van der Waals surface area contributed by atoms with Crippen molar-refractivity contribution in [2.24, 2.45) is 0 Å². The average Bonchev–Trinajstić information content (AvgIpc) is 2.71. The van der Waals surface area contributed by atoms with Crippen LogP contribution in [0.5, 0.6) is 0 Å². The minimum Gasteiger partial charge on any atom is -0.290 e. The fourth-order valence-electron chi connectivity index (χ4n) is 3.94. The van der Waals surface area contributed by atoms with Crippen LogP contribution in [0.4, 0.5) is 0 Å². The van der Waals surface area contributed by atoms with E-state index in [-0.39, 0.29) is 0 Å². The fraction of sp³-hybridized carbons (Fsp3) is 0.762. The van der Waals surface area contributed by atoms with E-state index in [1.165, 1.54) is 60.1 Å². The summed E-state index contributed by atoms with van der Waals surface area (Å²) in [6.45, 7) is 18.7. The molecule has 1 nitrogen and oxygen atoms in total. The number of allylic oxidation sites excluding steroid dienone is 4. The predicted octanol–water partition coefficient (Wildman–Crippen LogP) is 7.08. The van der Waals surface area contributed by atoms with Crippen LogP contribution >= 0.6 is 0 Å². The fourth-order valence-corrected chi connectivity index (χ4v) is 8.04. The van der Waals surface area contributed by atoms with Crippen LogP contribution in [0.15, 0.2) is 21.5 Å². The Morgan fingerprint density at radius 3 is 1.21 bits per heavy atom. The molecule has 0 unspecified atom stereocenters. The van der Waals surface area contributed by atoms with Gasteiger partial charge in [0, 0.05) is 0 Å². The van der Waals surface area contributed by atoms with Crippen molar-refractivity contribution in [1.29, 1.82) is 0 Å². The molecule has 0 spiro atoms. The van der Waals surface area contributed by atoms with Crippen molar-refractivity contribution in [2.75, 3.05) is 0 Å². The van der Waals surface area contributed by atoms with Crippen LogP contribution in [0.1, 0.15) is 65.2 Å². The molecule has 0 saturated carbocycles. The Morgan fingerprint density at radius 1 is 0.625 bits per heavy atom. The summed E-state index contributed by atoms with van der Waals surface area (Å²) < 4.78 is 0. The number of ketones is 1. The van der Waals surface area contributed by atoms with Crippen molar-refractivity contribution in [2.45, 2.75) is 104 Å². The summed E-state index contributed by atoms with van der Waals surface area (Å²) in [5, 5.41) is 2.56. The van der Waals surface area contributed by atoms with Crippen LogP contribution in [-0.2, 0) is 4.79 Å². The number of rotatable bonds is 10. The maximum absolute atomic E-state index is 13.4. The number of carbonyl (C=O) groups is 1. The largest absolute Gasteiger partial charge is 0.290 e. The molecule has 0 aromatic heterocycles. The lowest BCUT2D eigenvalue weighted by atomic mass is 9.98. The molecule has 0 fully saturated rings. The summed E-state index contributed by atoms with van der Waals surface area (Å²) in [5.74, 6) is 0.464. The Hall–Kier alpha value is -0.416. The van der Waals surface area contributed by atoms with E-state index in [1.807, 2.05) is 0 Å². The molecule has 24 heavy (non-hydrogen) atoms. The topological polar surface area (TPSA) is 17.1 Å². The lowest BCUT2D eigenvalue weighted by Crippen LogP contribution is -2.35. The summed E-state index contributed by atoms with van der Waals surface area (Å²) in [7, 11) is -3.22. The second-order valence-corrected chi connectivity index (χ2v) is 19.5. The summed E-state index contributed by atoms with van der Waals surface area (Å²) in [6.07, 6.45) is 9.80. The third kappa shape index (κ3) is 5.29. The van der Waals surface area contributed by atoms with E-state index >= 15 is 0 Å². The molecule has 138 valence electrons. The van der Waals surface area contributed by atoms with Gasteiger partial charge in [-0.25, -0.2) is 0 Å². The van der Waals surface area contributed by atoms with E-state index in [9.17, 15) is 4.79 Å². The Kier molecular flexibility index (Phi) is 7.93. The Morgan fingerprint density at radius 2 is 0.958 bits per heavy atom. The second-order valence-electron chi connectivity index (χ2n) is 9.45. The predicted molar refractivity (Wildman–Crippen MR) is 114 cm³/mol. The first kappa shape index (κ1) is 21.6. The minimum atomic E-state index is -1.61. The number of hydrogen-bond donors (Lipinski definition) is 0. The zero-order valence-corrected chi connectivity index (χ0v) is 19.6.